The summed E-state index contributed by atoms with van der Waals surface area (Å²) in [5.41, 5.74) is 0.621. The Morgan fingerprint density at radius 1 is 1.00 bits per heavy atom. The summed E-state index contributed by atoms with van der Waals surface area (Å²) in [4.78, 5) is 8.31. The third-order valence-electron chi connectivity index (χ3n) is 3.71. The zero-order valence-electron chi connectivity index (χ0n) is 14.1. The predicted molar refractivity (Wildman–Crippen MR) is 100 cm³/mol. The number of anilines is 3. The van der Waals surface area contributed by atoms with Crippen molar-refractivity contribution in [3.8, 4) is 0 Å². The van der Waals surface area contributed by atoms with Gasteiger partial charge in [0.25, 0.3) is 0 Å². The topological polar surface area (TPSA) is 49.8 Å². The van der Waals surface area contributed by atoms with E-state index >= 15 is 0 Å². The quantitative estimate of drug-likeness (QED) is 0.577. The molecule has 0 bridgehead atoms. The van der Waals surface area contributed by atoms with Crippen molar-refractivity contribution in [1.29, 1.82) is 0 Å². The van der Waals surface area contributed by atoms with Gasteiger partial charge in [-0.25, -0.2) is 4.98 Å². The molecule has 0 spiro atoms. The molecule has 0 aliphatic rings. The third-order valence-corrected chi connectivity index (χ3v) is 3.95. The lowest BCUT2D eigenvalue weighted by atomic mass is 10.1. The summed E-state index contributed by atoms with van der Waals surface area (Å²) < 4.78 is 38.4. The van der Waals surface area contributed by atoms with Gasteiger partial charge in [0.1, 0.15) is 5.82 Å². The van der Waals surface area contributed by atoms with Gasteiger partial charge in [0.05, 0.1) is 5.56 Å². The van der Waals surface area contributed by atoms with E-state index in [0.717, 1.165) is 24.1 Å². The molecule has 2 N–H and O–H groups in total. The first-order chi connectivity index (χ1) is 12.9. The largest absolute Gasteiger partial charge is 0.416 e. The lowest BCUT2D eigenvalue weighted by molar-refractivity contribution is -0.137. The van der Waals surface area contributed by atoms with Crippen molar-refractivity contribution in [2.45, 2.75) is 12.6 Å². The number of nitrogens with zero attached hydrogens (tertiary/aromatic N) is 2. The number of halogens is 4. The number of benzene rings is 2. The number of rotatable bonds is 6. The summed E-state index contributed by atoms with van der Waals surface area (Å²) in [5, 5.41) is 6.64. The van der Waals surface area contributed by atoms with Gasteiger partial charge in [0.15, 0.2) is 0 Å². The van der Waals surface area contributed by atoms with Crippen molar-refractivity contribution < 1.29 is 13.2 Å². The van der Waals surface area contributed by atoms with Gasteiger partial charge < -0.3 is 10.6 Å². The minimum Gasteiger partial charge on any atom is -0.370 e. The maximum atomic E-state index is 12.8. The first-order valence-electron chi connectivity index (χ1n) is 8.16. The van der Waals surface area contributed by atoms with Gasteiger partial charge in [0, 0.05) is 23.5 Å². The second kappa shape index (κ2) is 8.26. The van der Waals surface area contributed by atoms with Crippen molar-refractivity contribution in [3.63, 3.8) is 0 Å². The molecule has 0 atom stereocenters. The van der Waals surface area contributed by atoms with Crippen LogP contribution in [0.2, 0.25) is 5.02 Å². The molecule has 140 valence electrons. The molecule has 0 aliphatic carbocycles. The van der Waals surface area contributed by atoms with Gasteiger partial charge in [-0.2, -0.15) is 18.2 Å². The highest BCUT2D eigenvalue weighted by Gasteiger charge is 2.30. The second-order valence-corrected chi connectivity index (χ2v) is 6.21. The van der Waals surface area contributed by atoms with Crippen LogP contribution in [0.15, 0.2) is 60.8 Å². The molecule has 0 unspecified atom stereocenters. The van der Waals surface area contributed by atoms with Crippen molar-refractivity contribution in [1.82, 2.24) is 9.97 Å². The third kappa shape index (κ3) is 5.59. The van der Waals surface area contributed by atoms with Crippen LogP contribution < -0.4 is 10.6 Å². The Kier molecular flexibility index (Phi) is 5.81. The summed E-state index contributed by atoms with van der Waals surface area (Å²) in [5.74, 6) is 0.781. The molecule has 0 fully saturated rings. The summed E-state index contributed by atoms with van der Waals surface area (Å²) in [7, 11) is 0. The fourth-order valence-corrected chi connectivity index (χ4v) is 2.66. The van der Waals surface area contributed by atoms with E-state index in [0.29, 0.717) is 17.4 Å². The van der Waals surface area contributed by atoms with Gasteiger partial charge >= 0.3 is 6.18 Å². The van der Waals surface area contributed by atoms with Crippen molar-refractivity contribution >= 4 is 29.1 Å². The zero-order chi connectivity index (χ0) is 19.3. The Balaban J connectivity index is 1.62. The molecule has 0 amide bonds. The number of aromatic nitrogens is 2. The minimum absolute atomic E-state index is 0.210. The predicted octanol–water partition coefficient (Wildman–Crippen LogP) is 5.55. The summed E-state index contributed by atoms with van der Waals surface area (Å²) >= 11 is 5.96. The van der Waals surface area contributed by atoms with E-state index in [2.05, 4.69) is 20.6 Å². The van der Waals surface area contributed by atoms with Crippen molar-refractivity contribution in [2.75, 3.05) is 17.2 Å². The number of nitrogens with one attached hydrogen (secondary N) is 2. The molecule has 0 saturated heterocycles. The van der Waals surface area contributed by atoms with E-state index in [1.165, 1.54) is 18.3 Å². The maximum absolute atomic E-state index is 12.8. The van der Waals surface area contributed by atoms with E-state index in [9.17, 15) is 13.2 Å². The van der Waals surface area contributed by atoms with Crippen LogP contribution >= 0.6 is 11.6 Å². The molecular weight excluding hydrogens is 377 g/mol. The van der Waals surface area contributed by atoms with E-state index in [-0.39, 0.29) is 11.6 Å². The fraction of sp³-hybridized carbons (Fsp3) is 0.158. The normalized spacial score (nSPS) is 11.3. The van der Waals surface area contributed by atoms with Crippen LogP contribution in [-0.4, -0.2) is 16.5 Å². The summed E-state index contributed by atoms with van der Waals surface area (Å²) in [6, 6.07) is 14.2. The number of hydrogen-bond acceptors (Lipinski definition) is 4. The van der Waals surface area contributed by atoms with Gasteiger partial charge in [-0.15, -0.1) is 0 Å². The highest BCUT2D eigenvalue weighted by molar-refractivity contribution is 6.30. The standard InChI is InChI=1S/C19H16ClF3N4/c20-15-5-1-3-13(11-15)7-9-24-17-8-10-25-18(27-17)26-16-6-2-4-14(12-16)19(21,22)23/h1-6,8,10-12H,7,9H2,(H2,24,25,26,27). The van der Waals surface area contributed by atoms with Crippen LogP contribution in [-0.2, 0) is 12.6 Å². The van der Waals surface area contributed by atoms with E-state index in [1.807, 2.05) is 24.3 Å². The summed E-state index contributed by atoms with van der Waals surface area (Å²) in [6.45, 7) is 0.625. The van der Waals surface area contributed by atoms with Crippen LogP contribution in [0.25, 0.3) is 0 Å². The first kappa shape index (κ1) is 19.0. The molecule has 0 aliphatic heterocycles. The molecule has 0 radical (unpaired) electrons. The Morgan fingerprint density at radius 3 is 2.59 bits per heavy atom. The molecule has 3 aromatic rings. The van der Waals surface area contributed by atoms with Crippen LogP contribution in [0.3, 0.4) is 0 Å². The number of alkyl halides is 3. The van der Waals surface area contributed by atoms with Crippen LogP contribution in [0.5, 0.6) is 0 Å². The Morgan fingerprint density at radius 2 is 1.81 bits per heavy atom. The van der Waals surface area contributed by atoms with E-state index in [1.54, 1.807) is 6.07 Å². The van der Waals surface area contributed by atoms with Gasteiger partial charge in [-0.05, 0) is 48.4 Å². The van der Waals surface area contributed by atoms with Crippen molar-refractivity contribution in [2.24, 2.45) is 0 Å². The van der Waals surface area contributed by atoms with Crippen molar-refractivity contribution in [3.05, 3.63) is 76.9 Å². The van der Waals surface area contributed by atoms with Gasteiger partial charge in [-0.3, -0.25) is 0 Å². The lowest BCUT2D eigenvalue weighted by Gasteiger charge is -2.11. The average Bonchev–Trinajstić information content (AvgIpc) is 2.62. The molecule has 8 heteroatoms. The molecule has 2 aromatic carbocycles. The molecule has 3 rings (SSSR count). The van der Waals surface area contributed by atoms with Gasteiger partial charge in [-0.1, -0.05) is 29.8 Å². The maximum Gasteiger partial charge on any atom is 0.416 e. The van der Waals surface area contributed by atoms with Gasteiger partial charge in [0.2, 0.25) is 5.95 Å². The lowest BCUT2D eigenvalue weighted by Crippen LogP contribution is -2.08. The second-order valence-electron chi connectivity index (χ2n) is 5.78. The highest BCUT2D eigenvalue weighted by atomic mass is 35.5. The molecule has 4 nitrogen and oxygen atoms in total. The van der Waals surface area contributed by atoms with Crippen LogP contribution in [0.4, 0.5) is 30.6 Å². The SMILES string of the molecule is FC(F)(F)c1cccc(Nc2nccc(NCCc3cccc(Cl)c3)n2)c1. The average molecular weight is 393 g/mol. The van der Waals surface area contributed by atoms with Crippen LogP contribution in [0.1, 0.15) is 11.1 Å². The Bertz CT molecular complexity index is 915. The fourth-order valence-electron chi connectivity index (χ4n) is 2.45. The summed E-state index contributed by atoms with van der Waals surface area (Å²) in [6.07, 6.45) is -2.12. The molecule has 0 saturated carbocycles. The van der Waals surface area contributed by atoms with E-state index < -0.39 is 11.7 Å². The Hall–Kier alpha value is -2.80. The monoisotopic (exact) mass is 392 g/mol. The smallest absolute Gasteiger partial charge is 0.370 e. The Labute approximate surface area is 159 Å². The highest BCUT2D eigenvalue weighted by Crippen LogP contribution is 2.31. The molecule has 1 heterocycles. The molecule has 1 aromatic heterocycles. The van der Waals surface area contributed by atoms with E-state index in [4.69, 9.17) is 11.6 Å². The molecule has 27 heavy (non-hydrogen) atoms. The van der Waals surface area contributed by atoms with Crippen LogP contribution in [0, 0.1) is 0 Å². The first-order valence-corrected chi connectivity index (χ1v) is 8.53. The minimum atomic E-state index is -4.40. The zero-order valence-corrected chi connectivity index (χ0v) is 14.8. The molecular formula is C19H16ClF3N4. The number of hydrogen-bond donors (Lipinski definition) is 2.